The topological polar surface area (TPSA) is 109 Å². The fourth-order valence-corrected chi connectivity index (χ4v) is 2.51. The van der Waals surface area contributed by atoms with Crippen molar-refractivity contribution >= 4 is 39.8 Å². The molecule has 0 aliphatic rings. The third-order valence-electron chi connectivity index (χ3n) is 3.41. The van der Waals surface area contributed by atoms with Crippen LogP contribution in [0.15, 0.2) is 54.2 Å². The minimum absolute atomic E-state index is 0.184. The number of aromatic nitrogens is 3. The number of hydrogen-bond donors (Lipinski definition) is 3. The highest BCUT2D eigenvalue weighted by Gasteiger charge is 2.14. The summed E-state index contributed by atoms with van der Waals surface area (Å²) in [6.45, 7) is 1.73. The fourth-order valence-electron chi connectivity index (χ4n) is 2.07. The average Bonchev–Trinajstić information content (AvgIpc) is 3.16. The number of hydrogen-bond acceptors (Lipinski definition) is 7. The summed E-state index contributed by atoms with van der Waals surface area (Å²) in [4.78, 5) is 28.4. The van der Waals surface area contributed by atoms with Crippen LogP contribution in [0.25, 0.3) is 0 Å². The summed E-state index contributed by atoms with van der Waals surface area (Å²) in [5, 5.41) is 16.3. The second-order valence-electron chi connectivity index (χ2n) is 5.35. The first-order valence-electron chi connectivity index (χ1n) is 7.78. The number of nitrogens with one attached hydrogen (secondary N) is 3. The molecule has 9 heteroatoms. The number of carbonyl (C=O) groups is 2. The van der Waals surface area contributed by atoms with Crippen LogP contribution in [0.1, 0.15) is 17.3 Å². The summed E-state index contributed by atoms with van der Waals surface area (Å²) >= 11 is 1.23. The van der Waals surface area contributed by atoms with Gasteiger partial charge in [0.05, 0.1) is 5.56 Å². The Kier molecular flexibility index (Phi) is 5.49. The Morgan fingerprint density at radius 1 is 1.08 bits per heavy atom. The van der Waals surface area contributed by atoms with E-state index in [4.69, 9.17) is 0 Å². The highest BCUT2D eigenvalue weighted by molar-refractivity contribution is 7.13. The lowest BCUT2D eigenvalue weighted by atomic mass is 10.2. The molecule has 0 aliphatic carbocycles. The summed E-state index contributed by atoms with van der Waals surface area (Å²) < 4.78 is 0. The lowest BCUT2D eigenvalue weighted by Crippen LogP contribution is -2.32. The highest BCUT2D eigenvalue weighted by Crippen LogP contribution is 2.12. The normalized spacial score (nSPS) is 11.4. The molecule has 26 heavy (non-hydrogen) atoms. The molecule has 3 aromatic rings. The average molecular weight is 368 g/mol. The van der Waals surface area contributed by atoms with Crippen molar-refractivity contribution < 1.29 is 9.59 Å². The van der Waals surface area contributed by atoms with E-state index < -0.39 is 6.04 Å². The van der Waals surface area contributed by atoms with Gasteiger partial charge in [0.25, 0.3) is 5.91 Å². The van der Waals surface area contributed by atoms with Crippen molar-refractivity contribution in [1.29, 1.82) is 0 Å². The van der Waals surface area contributed by atoms with Gasteiger partial charge in [0.1, 0.15) is 17.4 Å². The van der Waals surface area contributed by atoms with Gasteiger partial charge in [0.2, 0.25) is 11.0 Å². The van der Waals surface area contributed by atoms with Crippen LogP contribution >= 0.6 is 11.3 Å². The molecule has 132 valence electrons. The van der Waals surface area contributed by atoms with Crippen molar-refractivity contribution in [2.75, 3.05) is 16.0 Å². The Bertz CT molecular complexity index is 868. The molecule has 2 aromatic heterocycles. The van der Waals surface area contributed by atoms with Gasteiger partial charge >= 0.3 is 0 Å². The summed E-state index contributed by atoms with van der Waals surface area (Å²) in [5.41, 5.74) is 2.64. The van der Waals surface area contributed by atoms with Crippen molar-refractivity contribution in [3.63, 3.8) is 0 Å². The molecule has 0 bridgehead atoms. The standard InChI is InChI=1S/C17H16N6O2S/c1-11(15(24)21-13-5-3-2-4-6-13)20-14-8-7-12(9-18-14)16(25)22-17-23-19-10-26-17/h2-11H,1H3,(H,18,20)(H,21,24)(H,22,23,25). The van der Waals surface area contributed by atoms with E-state index in [1.165, 1.54) is 23.0 Å². The maximum absolute atomic E-state index is 12.2. The molecule has 3 rings (SSSR count). The van der Waals surface area contributed by atoms with Gasteiger partial charge in [-0.05, 0) is 31.2 Å². The van der Waals surface area contributed by atoms with E-state index in [2.05, 4.69) is 31.1 Å². The molecule has 0 radical (unpaired) electrons. The number of anilines is 3. The van der Waals surface area contributed by atoms with Crippen molar-refractivity contribution in [3.8, 4) is 0 Å². The quantitative estimate of drug-likeness (QED) is 0.617. The molecule has 2 amide bonds. The Labute approximate surface area is 153 Å². The van der Waals surface area contributed by atoms with Crippen LogP contribution in [-0.2, 0) is 4.79 Å². The summed E-state index contributed by atoms with van der Waals surface area (Å²) in [5.74, 6) is -0.0139. The zero-order valence-corrected chi connectivity index (χ0v) is 14.7. The number of nitrogens with zero attached hydrogens (tertiary/aromatic N) is 3. The van der Waals surface area contributed by atoms with Crippen LogP contribution in [0, 0.1) is 0 Å². The van der Waals surface area contributed by atoms with Crippen LogP contribution in [0.5, 0.6) is 0 Å². The van der Waals surface area contributed by atoms with Gasteiger partial charge in [-0.3, -0.25) is 14.9 Å². The van der Waals surface area contributed by atoms with Crippen molar-refractivity contribution in [3.05, 3.63) is 59.7 Å². The van der Waals surface area contributed by atoms with Gasteiger partial charge in [-0.1, -0.05) is 29.5 Å². The molecule has 1 atom stereocenters. The molecule has 0 saturated heterocycles. The van der Waals surface area contributed by atoms with Gasteiger partial charge in [-0.15, -0.1) is 10.2 Å². The van der Waals surface area contributed by atoms with Gasteiger partial charge in [-0.2, -0.15) is 0 Å². The summed E-state index contributed by atoms with van der Waals surface area (Å²) in [6.07, 6.45) is 1.43. The maximum atomic E-state index is 12.2. The Morgan fingerprint density at radius 2 is 1.88 bits per heavy atom. The van der Waals surface area contributed by atoms with Crippen LogP contribution in [0.3, 0.4) is 0 Å². The maximum Gasteiger partial charge on any atom is 0.259 e. The molecule has 0 fully saturated rings. The van der Waals surface area contributed by atoms with Gasteiger partial charge in [-0.25, -0.2) is 4.98 Å². The SMILES string of the molecule is CC(Nc1ccc(C(=O)Nc2nncs2)cn1)C(=O)Nc1ccccc1. The Morgan fingerprint density at radius 3 is 2.54 bits per heavy atom. The predicted molar refractivity (Wildman–Crippen MR) is 100 cm³/mol. The molecule has 0 saturated carbocycles. The number of pyridine rings is 1. The van der Waals surface area contributed by atoms with Crippen molar-refractivity contribution in [1.82, 2.24) is 15.2 Å². The van der Waals surface area contributed by atoms with E-state index in [0.29, 0.717) is 16.5 Å². The Balaban J connectivity index is 1.56. The van der Waals surface area contributed by atoms with E-state index in [-0.39, 0.29) is 11.8 Å². The van der Waals surface area contributed by atoms with E-state index >= 15 is 0 Å². The first-order valence-corrected chi connectivity index (χ1v) is 8.66. The number of carbonyl (C=O) groups excluding carboxylic acids is 2. The molecule has 1 aromatic carbocycles. The monoisotopic (exact) mass is 368 g/mol. The lowest BCUT2D eigenvalue weighted by Gasteiger charge is -2.14. The minimum Gasteiger partial charge on any atom is -0.359 e. The Hall–Kier alpha value is -3.33. The first-order chi connectivity index (χ1) is 12.6. The second-order valence-corrected chi connectivity index (χ2v) is 6.18. The second kappa shape index (κ2) is 8.17. The number of benzene rings is 1. The van der Waals surface area contributed by atoms with Crippen molar-refractivity contribution in [2.24, 2.45) is 0 Å². The van der Waals surface area contributed by atoms with Crippen LogP contribution in [0.2, 0.25) is 0 Å². The van der Waals surface area contributed by atoms with Crippen LogP contribution < -0.4 is 16.0 Å². The molecule has 1 unspecified atom stereocenters. The fraction of sp³-hybridized carbons (Fsp3) is 0.118. The summed E-state index contributed by atoms with van der Waals surface area (Å²) in [7, 11) is 0. The number of rotatable bonds is 6. The van der Waals surface area contributed by atoms with E-state index in [1.807, 2.05) is 30.3 Å². The van der Waals surface area contributed by atoms with Gasteiger partial charge in [0.15, 0.2) is 0 Å². The highest BCUT2D eigenvalue weighted by atomic mass is 32.1. The molecular weight excluding hydrogens is 352 g/mol. The number of amides is 2. The molecule has 0 spiro atoms. The molecular formula is C17H16N6O2S. The van der Waals surface area contributed by atoms with Crippen LogP contribution in [-0.4, -0.2) is 33.0 Å². The third-order valence-corrected chi connectivity index (χ3v) is 4.01. The van der Waals surface area contributed by atoms with E-state index in [0.717, 1.165) is 5.69 Å². The predicted octanol–water partition coefficient (Wildman–Crippen LogP) is 2.62. The zero-order chi connectivity index (χ0) is 18.4. The van der Waals surface area contributed by atoms with Gasteiger partial charge < -0.3 is 10.6 Å². The lowest BCUT2D eigenvalue weighted by molar-refractivity contribution is -0.116. The molecule has 0 aliphatic heterocycles. The van der Waals surface area contributed by atoms with Crippen LogP contribution in [0.4, 0.5) is 16.6 Å². The van der Waals surface area contributed by atoms with Gasteiger partial charge in [0, 0.05) is 11.9 Å². The molecule has 3 N–H and O–H groups in total. The largest absolute Gasteiger partial charge is 0.359 e. The summed E-state index contributed by atoms with van der Waals surface area (Å²) in [6, 6.07) is 12.0. The first kappa shape index (κ1) is 17.5. The smallest absolute Gasteiger partial charge is 0.259 e. The van der Waals surface area contributed by atoms with Crippen molar-refractivity contribution in [2.45, 2.75) is 13.0 Å². The third kappa shape index (κ3) is 4.61. The van der Waals surface area contributed by atoms with E-state index in [1.54, 1.807) is 19.1 Å². The molecule has 2 heterocycles. The zero-order valence-electron chi connectivity index (χ0n) is 13.8. The van der Waals surface area contributed by atoms with E-state index in [9.17, 15) is 9.59 Å². The molecule has 8 nitrogen and oxygen atoms in total. The number of para-hydroxylation sites is 1. The minimum atomic E-state index is -0.497.